The molecule has 216 valence electrons. The van der Waals surface area contributed by atoms with Crippen molar-refractivity contribution in [3.8, 4) is 0 Å². The lowest BCUT2D eigenvalue weighted by molar-refractivity contribution is -0.137. The smallest absolute Gasteiger partial charge is 0.115 e. The zero-order valence-electron chi connectivity index (χ0n) is 25.9. The van der Waals surface area contributed by atoms with Crippen LogP contribution in [0, 0.1) is 5.92 Å². The lowest BCUT2D eigenvalue weighted by atomic mass is 9.98. The second-order valence-corrected chi connectivity index (χ2v) is 14.3. The van der Waals surface area contributed by atoms with Gasteiger partial charge in [0.05, 0.1) is 53.9 Å². The van der Waals surface area contributed by atoms with Crippen LogP contribution in [0.5, 0.6) is 0 Å². The third-order valence-corrected chi connectivity index (χ3v) is 5.93. The van der Waals surface area contributed by atoms with Crippen LogP contribution in [0.2, 0.25) is 0 Å². The summed E-state index contributed by atoms with van der Waals surface area (Å²) in [7, 11) is 0. The van der Waals surface area contributed by atoms with Gasteiger partial charge in [-0.3, -0.25) is 0 Å². The second-order valence-electron chi connectivity index (χ2n) is 14.3. The summed E-state index contributed by atoms with van der Waals surface area (Å²) in [4.78, 5) is 0. The largest absolute Gasteiger partial charge is 0.388 e. The van der Waals surface area contributed by atoms with Crippen molar-refractivity contribution in [2.45, 2.75) is 169 Å². The fraction of sp³-hybridized carbons (Fsp3) is 1.00. The van der Waals surface area contributed by atoms with E-state index in [0.717, 1.165) is 0 Å². The van der Waals surface area contributed by atoms with E-state index in [9.17, 15) is 5.11 Å². The summed E-state index contributed by atoms with van der Waals surface area (Å²) >= 11 is 0. The van der Waals surface area contributed by atoms with E-state index < -0.39 is 6.10 Å². The Morgan fingerprint density at radius 1 is 0.556 bits per heavy atom. The van der Waals surface area contributed by atoms with Gasteiger partial charge in [-0.1, -0.05) is 6.92 Å². The molecule has 2 unspecified atom stereocenters. The molecular formula is C29H58O7. The summed E-state index contributed by atoms with van der Waals surface area (Å²) in [5, 5.41) is 10.1. The molecular weight excluding hydrogens is 460 g/mol. The molecule has 8 atom stereocenters. The van der Waals surface area contributed by atoms with E-state index in [4.69, 9.17) is 28.4 Å². The normalized spacial score (nSPS) is 34.0. The van der Waals surface area contributed by atoms with Gasteiger partial charge in [-0.15, -0.1) is 0 Å². The summed E-state index contributed by atoms with van der Waals surface area (Å²) in [6.07, 6.45) is -0.985. The summed E-state index contributed by atoms with van der Waals surface area (Å²) in [5.74, 6) is 0.401. The van der Waals surface area contributed by atoms with E-state index in [1.807, 2.05) is 48.5 Å². The molecule has 0 amide bonds. The first-order valence-corrected chi connectivity index (χ1v) is 13.6. The van der Waals surface area contributed by atoms with Gasteiger partial charge in [0.15, 0.2) is 0 Å². The molecule has 2 aliphatic heterocycles. The number of hydrogen-bond acceptors (Lipinski definition) is 7. The van der Waals surface area contributed by atoms with Crippen LogP contribution < -0.4 is 0 Å². The Morgan fingerprint density at radius 2 is 0.917 bits per heavy atom. The predicted molar refractivity (Wildman–Crippen MR) is 145 cm³/mol. The first-order chi connectivity index (χ1) is 16.0. The Kier molecular flexibility index (Phi) is 11.9. The highest BCUT2D eigenvalue weighted by Gasteiger charge is 2.45. The molecule has 0 aromatic heterocycles. The van der Waals surface area contributed by atoms with E-state index in [2.05, 4.69) is 55.4 Å². The van der Waals surface area contributed by atoms with E-state index in [1.54, 1.807) is 0 Å². The summed E-state index contributed by atoms with van der Waals surface area (Å²) in [6, 6.07) is 0. The van der Waals surface area contributed by atoms with E-state index in [1.165, 1.54) is 0 Å². The zero-order chi connectivity index (χ0) is 28.3. The molecule has 2 heterocycles. The van der Waals surface area contributed by atoms with E-state index in [-0.39, 0.29) is 59.0 Å². The van der Waals surface area contributed by atoms with Crippen LogP contribution in [0.1, 0.15) is 104 Å². The van der Waals surface area contributed by atoms with Crippen LogP contribution in [0.15, 0.2) is 0 Å². The lowest BCUT2D eigenvalue weighted by Gasteiger charge is -2.31. The molecule has 0 aromatic rings. The standard InChI is InChI=1S/C15H30O3.C14H28O4/c1-10-11(2)17-12(9-16-14(3,4)5)13(10)18-15(6,7)8;1-9-11(15)12(18-14(5,6)7)10(17-9)8-16-13(2,3)4/h10-13H,9H2,1-8H3;9-12,15H,8H2,1-7H3/t10-,11-,12-,13?;9-,10-,11-,12?/m11/s1. The van der Waals surface area contributed by atoms with Crippen LogP contribution in [-0.2, 0) is 28.4 Å². The number of aliphatic hydroxyl groups excluding tert-OH is 1. The second kappa shape index (κ2) is 12.7. The van der Waals surface area contributed by atoms with Crippen LogP contribution in [0.3, 0.4) is 0 Å². The van der Waals surface area contributed by atoms with Crippen molar-refractivity contribution in [1.29, 1.82) is 0 Å². The van der Waals surface area contributed by atoms with Gasteiger partial charge in [-0.25, -0.2) is 0 Å². The van der Waals surface area contributed by atoms with Crippen LogP contribution in [0.25, 0.3) is 0 Å². The van der Waals surface area contributed by atoms with Crippen molar-refractivity contribution in [3.63, 3.8) is 0 Å². The maximum absolute atomic E-state index is 10.1. The third kappa shape index (κ3) is 12.5. The van der Waals surface area contributed by atoms with E-state index in [0.29, 0.717) is 19.1 Å². The topological polar surface area (TPSA) is 75.6 Å². The molecule has 2 saturated heterocycles. The molecule has 1 N–H and O–H groups in total. The molecule has 0 aliphatic carbocycles. The minimum Gasteiger partial charge on any atom is -0.388 e. The van der Waals surface area contributed by atoms with Crippen LogP contribution in [0.4, 0.5) is 0 Å². The van der Waals surface area contributed by atoms with Gasteiger partial charge in [0, 0.05) is 5.92 Å². The Bertz CT molecular complexity index is 582. The molecule has 7 heteroatoms. The minimum atomic E-state index is -0.599. The van der Waals surface area contributed by atoms with E-state index >= 15 is 0 Å². The Balaban J connectivity index is 0.000000360. The lowest BCUT2D eigenvalue weighted by Crippen LogP contribution is -2.42. The number of ether oxygens (including phenoxy) is 6. The van der Waals surface area contributed by atoms with Crippen LogP contribution in [-0.4, -0.2) is 83.5 Å². The average Bonchev–Trinajstić information content (AvgIpc) is 3.06. The van der Waals surface area contributed by atoms with Crippen molar-refractivity contribution < 1.29 is 33.5 Å². The summed E-state index contributed by atoms with van der Waals surface area (Å²) < 4.78 is 35.4. The predicted octanol–water partition coefficient (Wildman–Crippen LogP) is 5.54. The first kappa shape index (κ1) is 33.7. The number of rotatable bonds is 6. The van der Waals surface area contributed by atoms with Crippen molar-refractivity contribution in [2.75, 3.05) is 13.2 Å². The SMILES string of the molecule is C[C@H]1O[C@H](COC(C)(C)C)C(OC(C)(C)C)[C@@H]1C.C[C@H]1O[C@H](COC(C)(C)C)C(OC(C)(C)C)[C@@H]1O. The Labute approximate surface area is 221 Å². The van der Waals surface area contributed by atoms with Crippen LogP contribution >= 0.6 is 0 Å². The third-order valence-electron chi connectivity index (χ3n) is 5.93. The number of hydrogen-bond donors (Lipinski definition) is 1. The molecule has 2 rings (SSSR count). The summed E-state index contributed by atoms with van der Waals surface area (Å²) in [5.41, 5.74) is -0.803. The van der Waals surface area contributed by atoms with Gasteiger partial charge in [-0.2, -0.15) is 0 Å². The summed E-state index contributed by atoms with van der Waals surface area (Å²) in [6.45, 7) is 31.6. The van der Waals surface area contributed by atoms with Gasteiger partial charge in [0.1, 0.15) is 24.4 Å². The van der Waals surface area contributed by atoms with Gasteiger partial charge in [-0.05, 0) is 96.9 Å². The van der Waals surface area contributed by atoms with Gasteiger partial charge >= 0.3 is 0 Å². The molecule has 7 nitrogen and oxygen atoms in total. The molecule has 0 aromatic carbocycles. The Morgan fingerprint density at radius 3 is 1.31 bits per heavy atom. The first-order valence-electron chi connectivity index (χ1n) is 13.6. The van der Waals surface area contributed by atoms with Crippen molar-refractivity contribution in [3.05, 3.63) is 0 Å². The molecule has 0 spiro atoms. The molecule has 0 bridgehead atoms. The van der Waals surface area contributed by atoms with Gasteiger partial charge < -0.3 is 33.5 Å². The maximum atomic E-state index is 10.1. The maximum Gasteiger partial charge on any atom is 0.115 e. The zero-order valence-corrected chi connectivity index (χ0v) is 25.9. The van der Waals surface area contributed by atoms with Crippen molar-refractivity contribution >= 4 is 0 Å². The van der Waals surface area contributed by atoms with Crippen molar-refractivity contribution in [1.82, 2.24) is 0 Å². The molecule has 0 saturated carbocycles. The van der Waals surface area contributed by atoms with Gasteiger partial charge in [0.2, 0.25) is 0 Å². The highest BCUT2D eigenvalue weighted by molar-refractivity contribution is 4.92. The fourth-order valence-electron chi connectivity index (χ4n) is 4.08. The highest BCUT2D eigenvalue weighted by Crippen LogP contribution is 2.33. The molecule has 2 fully saturated rings. The Hall–Kier alpha value is -0.280. The minimum absolute atomic E-state index is 0.0356. The molecule has 2 aliphatic rings. The monoisotopic (exact) mass is 518 g/mol. The average molecular weight is 519 g/mol. The fourth-order valence-corrected chi connectivity index (χ4v) is 4.08. The van der Waals surface area contributed by atoms with Gasteiger partial charge in [0.25, 0.3) is 0 Å². The number of aliphatic hydroxyl groups is 1. The molecule has 0 radical (unpaired) electrons. The molecule has 36 heavy (non-hydrogen) atoms. The quantitative estimate of drug-likeness (QED) is 0.495. The highest BCUT2D eigenvalue weighted by atomic mass is 16.6. The van der Waals surface area contributed by atoms with Crippen molar-refractivity contribution in [2.24, 2.45) is 5.92 Å².